The summed E-state index contributed by atoms with van der Waals surface area (Å²) < 4.78 is 1.90. The largest absolute Gasteiger partial charge is 0.382 e. The summed E-state index contributed by atoms with van der Waals surface area (Å²) in [5, 5.41) is 6.09. The van der Waals surface area contributed by atoms with Crippen LogP contribution in [0.3, 0.4) is 0 Å². The molecular formula is C14H12ClN3. The summed E-state index contributed by atoms with van der Waals surface area (Å²) in [6.45, 7) is 0.665. The molecule has 0 radical (unpaired) electrons. The first-order valence-electron chi connectivity index (χ1n) is 5.69. The number of para-hydroxylation sites is 1. The Balaban J connectivity index is 2.05. The summed E-state index contributed by atoms with van der Waals surface area (Å²) >= 11 is 5.98. The number of benzene rings is 2. The maximum absolute atomic E-state index is 5.98. The van der Waals surface area contributed by atoms with Gasteiger partial charge in [-0.3, -0.25) is 4.68 Å². The summed E-state index contributed by atoms with van der Waals surface area (Å²) in [7, 11) is 0. The highest BCUT2D eigenvalue weighted by Gasteiger charge is 2.07. The fourth-order valence-corrected chi connectivity index (χ4v) is 2.29. The number of halogens is 1. The van der Waals surface area contributed by atoms with Gasteiger partial charge in [-0.05, 0) is 29.8 Å². The van der Waals surface area contributed by atoms with Gasteiger partial charge >= 0.3 is 0 Å². The van der Waals surface area contributed by atoms with E-state index in [0.29, 0.717) is 12.4 Å². The van der Waals surface area contributed by atoms with E-state index in [1.165, 1.54) is 0 Å². The number of nitrogen functional groups attached to an aromatic ring is 1. The molecule has 0 aliphatic heterocycles. The van der Waals surface area contributed by atoms with Gasteiger partial charge in [0.25, 0.3) is 0 Å². The topological polar surface area (TPSA) is 43.8 Å². The average molecular weight is 258 g/mol. The third-order valence-electron chi connectivity index (χ3n) is 2.91. The second kappa shape index (κ2) is 4.35. The van der Waals surface area contributed by atoms with E-state index in [0.717, 1.165) is 21.5 Å². The molecule has 3 rings (SSSR count). The van der Waals surface area contributed by atoms with Crippen LogP contribution in [0.4, 0.5) is 5.82 Å². The quantitative estimate of drug-likeness (QED) is 0.765. The summed E-state index contributed by atoms with van der Waals surface area (Å²) in [4.78, 5) is 0. The second-order valence-electron chi connectivity index (χ2n) is 4.19. The molecule has 0 unspecified atom stereocenters. The van der Waals surface area contributed by atoms with Crippen molar-refractivity contribution in [2.75, 3.05) is 5.73 Å². The number of hydrogen-bond donors (Lipinski definition) is 1. The van der Waals surface area contributed by atoms with E-state index in [2.05, 4.69) is 5.10 Å². The van der Waals surface area contributed by atoms with E-state index in [1.807, 2.05) is 53.2 Å². The van der Waals surface area contributed by atoms with Crippen molar-refractivity contribution in [2.24, 2.45) is 0 Å². The Bertz CT molecular complexity index is 703. The molecule has 1 heterocycles. The lowest BCUT2D eigenvalue weighted by Crippen LogP contribution is -2.02. The van der Waals surface area contributed by atoms with E-state index in [1.54, 1.807) is 0 Å². The van der Waals surface area contributed by atoms with Crippen molar-refractivity contribution in [1.82, 2.24) is 9.78 Å². The third kappa shape index (κ3) is 1.93. The highest BCUT2D eigenvalue weighted by Crippen LogP contribution is 2.21. The fraction of sp³-hybridized carbons (Fsp3) is 0.0714. The van der Waals surface area contributed by atoms with Gasteiger partial charge in [-0.15, -0.1) is 0 Å². The molecule has 0 spiro atoms. The predicted molar refractivity (Wildman–Crippen MR) is 74.7 cm³/mol. The SMILES string of the molecule is Nc1nn(Cc2cccc(Cl)c2)c2ccccc12. The van der Waals surface area contributed by atoms with E-state index in [4.69, 9.17) is 17.3 Å². The Labute approximate surface area is 110 Å². The van der Waals surface area contributed by atoms with Crippen molar-refractivity contribution in [2.45, 2.75) is 6.54 Å². The fourth-order valence-electron chi connectivity index (χ4n) is 2.08. The van der Waals surface area contributed by atoms with E-state index in [9.17, 15) is 0 Å². The zero-order valence-corrected chi connectivity index (χ0v) is 10.4. The molecule has 18 heavy (non-hydrogen) atoms. The summed E-state index contributed by atoms with van der Waals surface area (Å²) in [6, 6.07) is 15.7. The maximum Gasteiger partial charge on any atom is 0.153 e. The Hall–Kier alpha value is -2.00. The molecule has 0 aliphatic carbocycles. The number of aromatic nitrogens is 2. The molecule has 0 aliphatic rings. The van der Waals surface area contributed by atoms with Crippen LogP contribution in [0.15, 0.2) is 48.5 Å². The van der Waals surface area contributed by atoms with Gasteiger partial charge in [0.1, 0.15) is 0 Å². The first kappa shape index (κ1) is 11.1. The zero-order chi connectivity index (χ0) is 12.5. The summed E-state index contributed by atoms with van der Waals surface area (Å²) in [5.41, 5.74) is 8.05. The maximum atomic E-state index is 5.98. The normalized spacial score (nSPS) is 10.9. The molecule has 0 saturated carbocycles. The highest BCUT2D eigenvalue weighted by atomic mass is 35.5. The monoisotopic (exact) mass is 257 g/mol. The van der Waals surface area contributed by atoms with Gasteiger partial charge < -0.3 is 5.73 Å². The molecular weight excluding hydrogens is 246 g/mol. The molecule has 2 aromatic carbocycles. The molecule has 3 aromatic rings. The summed E-state index contributed by atoms with van der Waals surface area (Å²) in [5.74, 6) is 0.563. The van der Waals surface area contributed by atoms with Gasteiger partial charge in [0.15, 0.2) is 5.82 Å². The lowest BCUT2D eigenvalue weighted by atomic mass is 10.2. The first-order chi connectivity index (χ1) is 8.74. The van der Waals surface area contributed by atoms with Gasteiger partial charge in [-0.2, -0.15) is 5.10 Å². The molecule has 90 valence electrons. The standard InChI is InChI=1S/C14H12ClN3/c15-11-5-3-4-10(8-11)9-18-13-7-2-1-6-12(13)14(16)17-18/h1-8H,9H2,(H2,16,17). The Kier molecular flexibility index (Phi) is 2.68. The van der Waals surface area contributed by atoms with Gasteiger partial charge in [-0.1, -0.05) is 35.9 Å². The van der Waals surface area contributed by atoms with Crippen LogP contribution >= 0.6 is 11.6 Å². The van der Waals surface area contributed by atoms with E-state index < -0.39 is 0 Å². The van der Waals surface area contributed by atoms with Crippen LogP contribution in [-0.4, -0.2) is 9.78 Å². The van der Waals surface area contributed by atoms with Crippen LogP contribution in [0.5, 0.6) is 0 Å². The number of fused-ring (bicyclic) bond motifs is 1. The molecule has 0 atom stereocenters. The molecule has 0 fully saturated rings. The second-order valence-corrected chi connectivity index (χ2v) is 4.63. The molecule has 0 saturated heterocycles. The van der Waals surface area contributed by atoms with Crippen LogP contribution in [0.2, 0.25) is 5.02 Å². The lowest BCUT2D eigenvalue weighted by Gasteiger charge is -2.04. The van der Waals surface area contributed by atoms with Gasteiger partial charge in [0.05, 0.1) is 12.1 Å². The smallest absolute Gasteiger partial charge is 0.153 e. The lowest BCUT2D eigenvalue weighted by molar-refractivity contribution is 0.716. The number of hydrogen-bond acceptors (Lipinski definition) is 2. The number of nitrogens with zero attached hydrogens (tertiary/aromatic N) is 2. The predicted octanol–water partition coefficient (Wildman–Crippen LogP) is 3.32. The van der Waals surface area contributed by atoms with Crippen LogP contribution in [-0.2, 0) is 6.54 Å². The zero-order valence-electron chi connectivity index (χ0n) is 9.68. The van der Waals surface area contributed by atoms with Crippen molar-refractivity contribution in [3.05, 3.63) is 59.1 Å². The van der Waals surface area contributed by atoms with Crippen molar-refractivity contribution in [3.63, 3.8) is 0 Å². The number of nitrogens with two attached hydrogens (primary N) is 1. The van der Waals surface area contributed by atoms with Gasteiger partial charge in [0, 0.05) is 10.4 Å². The Morgan fingerprint density at radius 2 is 1.94 bits per heavy atom. The molecule has 1 aromatic heterocycles. The van der Waals surface area contributed by atoms with Gasteiger partial charge in [0.2, 0.25) is 0 Å². The molecule has 2 N–H and O–H groups in total. The Morgan fingerprint density at radius 1 is 1.11 bits per heavy atom. The van der Waals surface area contributed by atoms with Crippen molar-refractivity contribution in [1.29, 1.82) is 0 Å². The minimum Gasteiger partial charge on any atom is -0.382 e. The molecule has 3 nitrogen and oxygen atoms in total. The minimum absolute atomic E-state index is 0.563. The first-order valence-corrected chi connectivity index (χ1v) is 6.07. The van der Waals surface area contributed by atoms with E-state index in [-0.39, 0.29) is 0 Å². The van der Waals surface area contributed by atoms with Crippen LogP contribution in [0, 0.1) is 0 Å². The molecule has 0 amide bonds. The summed E-state index contributed by atoms with van der Waals surface area (Å²) in [6.07, 6.45) is 0. The van der Waals surface area contributed by atoms with E-state index >= 15 is 0 Å². The Morgan fingerprint density at radius 3 is 2.78 bits per heavy atom. The van der Waals surface area contributed by atoms with Crippen LogP contribution in [0.25, 0.3) is 10.9 Å². The van der Waals surface area contributed by atoms with Crippen molar-refractivity contribution in [3.8, 4) is 0 Å². The van der Waals surface area contributed by atoms with Crippen molar-refractivity contribution < 1.29 is 0 Å². The van der Waals surface area contributed by atoms with Crippen LogP contribution < -0.4 is 5.73 Å². The number of rotatable bonds is 2. The third-order valence-corrected chi connectivity index (χ3v) is 3.14. The van der Waals surface area contributed by atoms with Crippen LogP contribution in [0.1, 0.15) is 5.56 Å². The number of anilines is 1. The van der Waals surface area contributed by atoms with Gasteiger partial charge in [-0.25, -0.2) is 0 Å². The molecule has 4 heteroatoms. The average Bonchev–Trinajstić information content (AvgIpc) is 2.67. The van der Waals surface area contributed by atoms with Crippen molar-refractivity contribution >= 4 is 28.3 Å². The molecule has 0 bridgehead atoms. The highest BCUT2D eigenvalue weighted by molar-refractivity contribution is 6.30. The minimum atomic E-state index is 0.563.